The van der Waals surface area contributed by atoms with Gasteiger partial charge in [0.2, 0.25) is 12.7 Å². The summed E-state index contributed by atoms with van der Waals surface area (Å²) in [4.78, 5) is 52.7. The van der Waals surface area contributed by atoms with Gasteiger partial charge in [0.25, 0.3) is 5.91 Å². The molecule has 3 heterocycles. The maximum absolute atomic E-state index is 13.1. The zero-order valence-corrected chi connectivity index (χ0v) is 24.4. The highest BCUT2D eigenvalue weighted by Gasteiger charge is 2.64. The lowest BCUT2D eigenvalue weighted by atomic mass is 9.95. The number of carbonyl (C=O) groups excluding carboxylic acids is 4. The second-order valence-electron chi connectivity index (χ2n) is 9.02. The van der Waals surface area contributed by atoms with E-state index in [9.17, 15) is 19.2 Å². The summed E-state index contributed by atoms with van der Waals surface area (Å²) >= 11 is 1.38. The van der Waals surface area contributed by atoms with E-state index in [1.54, 1.807) is 54.3 Å². The number of amides is 2. The Morgan fingerprint density at radius 1 is 1.08 bits per heavy atom. The molecule has 4 rings (SSSR count). The van der Waals surface area contributed by atoms with Crippen LogP contribution in [0, 0.1) is 0 Å². The first-order chi connectivity index (χ1) is 17.6. The van der Waals surface area contributed by atoms with E-state index < -0.39 is 52.8 Å². The standard InChI is InChI=1S/C25H27N3O8S.HI/c1-25(2)19(24(32)36-13-35-23(31)14-8-7-11-27(3)12-14)28-21(30)18(22(28)37-25)26-20(29)17-15(33-4)9-6-10-16(17)34-5;/h6-12,18-19,22H,13H2,1-5H3;1H/t18?,19-,22?;/m0./s1. The maximum Gasteiger partial charge on any atom is 0.347 e. The van der Waals surface area contributed by atoms with Crippen molar-refractivity contribution in [1.29, 1.82) is 0 Å². The molecule has 0 bridgehead atoms. The molecule has 0 spiro atoms. The van der Waals surface area contributed by atoms with Crippen molar-refractivity contribution in [2.24, 2.45) is 7.05 Å². The summed E-state index contributed by atoms with van der Waals surface area (Å²) < 4.78 is 21.8. The summed E-state index contributed by atoms with van der Waals surface area (Å²) in [6.45, 7) is 3.04. The van der Waals surface area contributed by atoms with Crippen LogP contribution in [-0.2, 0) is 26.1 Å². The lowest BCUT2D eigenvalue weighted by Crippen LogP contribution is -3.00. The number of ether oxygens (including phenoxy) is 4. The molecule has 2 saturated heterocycles. The number of aromatic nitrogens is 1. The van der Waals surface area contributed by atoms with Gasteiger partial charge in [-0.05, 0) is 32.0 Å². The normalized spacial score (nSPS) is 20.8. The van der Waals surface area contributed by atoms with E-state index in [1.807, 2.05) is 13.8 Å². The average Bonchev–Trinajstić information content (AvgIpc) is 3.13. The molecule has 1 N–H and O–H groups in total. The van der Waals surface area contributed by atoms with Crippen LogP contribution in [0.2, 0.25) is 0 Å². The zero-order valence-electron chi connectivity index (χ0n) is 21.4. The Morgan fingerprint density at radius 2 is 1.74 bits per heavy atom. The van der Waals surface area contributed by atoms with Gasteiger partial charge in [0, 0.05) is 10.8 Å². The lowest BCUT2D eigenvalue weighted by molar-refractivity contribution is -0.671. The highest BCUT2D eigenvalue weighted by Crippen LogP contribution is 2.51. The van der Waals surface area contributed by atoms with Crippen molar-refractivity contribution in [2.75, 3.05) is 21.0 Å². The number of halogens is 1. The molecule has 2 aromatic rings. The number of thioether (sulfide) groups is 1. The molecule has 0 aliphatic carbocycles. The predicted octanol–water partition coefficient (Wildman–Crippen LogP) is -1.95. The van der Waals surface area contributed by atoms with E-state index in [0.717, 1.165) is 0 Å². The van der Waals surface area contributed by atoms with E-state index in [1.165, 1.54) is 30.9 Å². The number of nitrogens with zero attached hydrogens (tertiary/aromatic N) is 2. The van der Waals surface area contributed by atoms with Crippen molar-refractivity contribution in [3.8, 4) is 11.5 Å². The van der Waals surface area contributed by atoms with Crippen LogP contribution < -0.4 is 43.3 Å². The molecule has 2 aliphatic heterocycles. The molecule has 0 radical (unpaired) electrons. The second-order valence-corrected chi connectivity index (χ2v) is 10.8. The molecular weight excluding hydrogens is 629 g/mol. The summed E-state index contributed by atoms with van der Waals surface area (Å²) in [6.07, 6.45) is 3.35. The van der Waals surface area contributed by atoms with E-state index in [4.69, 9.17) is 18.9 Å². The maximum atomic E-state index is 13.1. The minimum Gasteiger partial charge on any atom is -1.00 e. The van der Waals surface area contributed by atoms with Crippen molar-refractivity contribution in [2.45, 2.75) is 36.1 Å². The van der Waals surface area contributed by atoms with E-state index >= 15 is 0 Å². The van der Waals surface area contributed by atoms with Crippen LogP contribution in [0.1, 0.15) is 34.6 Å². The molecule has 1 aromatic carbocycles. The third-order valence-corrected chi connectivity index (χ3v) is 7.74. The SMILES string of the molecule is COc1cccc(OC)c1C(=O)NC1C(=O)N2C1SC(C)(C)[C@@H]2C(=O)OCOC(=O)c1ccc[n+](C)c1.[I-]. The molecule has 2 aliphatic rings. The topological polar surface area (TPSA) is 124 Å². The highest BCUT2D eigenvalue weighted by atomic mass is 127. The van der Waals surface area contributed by atoms with Crippen LogP contribution in [0.4, 0.5) is 0 Å². The zero-order chi connectivity index (χ0) is 26.9. The smallest absolute Gasteiger partial charge is 0.347 e. The molecule has 204 valence electrons. The number of benzene rings is 1. The molecule has 3 atom stereocenters. The van der Waals surface area contributed by atoms with Gasteiger partial charge in [-0.2, -0.15) is 0 Å². The minimum atomic E-state index is -0.919. The van der Waals surface area contributed by atoms with E-state index in [-0.39, 0.29) is 29.5 Å². The largest absolute Gasteiger partial charge is 1.00 e. The Kier molecular flexibility index (Phi) is 9.13. The van der Waals surface area contributed by atoms with Crippen molar-refractivity contribution in [1.82, 2.24) is 10.2 Å². The summed E-state index contributed by atoms with van der Waals surface area (Å²) in [5, 5.41) is 2.27. The van der Waals surface area contributed by atoms with Gasteiger partial charge < -0.3 is 53.1 Å². The third kappa shape index (κ3) is 5.53. The van der Waals surface area contributed by atoms with Gasteiger partial charge in [0.15, 0.2) is 12.4 Å². The molecule has 2 unspecified atom stereocenters. The van der Waals surface area contributed by atoms with E-state index in [2.05, 4.69) is 5.32 Å². The van der Waals surface area contributed by atoms with Gasteiger partial charge in [0.05, 0.1) is 14.2 Å². The van der Waals surface area contributed by atoms with Gasteiger partial charge in [-0.25, -0.2) is 14.2 Å². The number of aryl methyl sites for hydroxylation is 1. The van der Waals surface area contributed by atoms with Crippen molar-refractivity contribution >= 4 is 35.5 Å². The predicted molar refractivity (Wildman–Crippen MR) is 131 cm³/mol. The minimum absolute atomic E-state index is 0. The Morgan fingerprint density at radius 3 is 2.34 bits per heavy atom. The van der Waals surface area contributed by atoms with Crippen LogP contribution in [-0.4, -0.2) is 71.9 Å². The van der Waals surface area contributed by atoms with Crippen molar-refractivity contribution in [3.63, 3.8) is 0 Å². The molecule has 2 amide bonds. The monoisotopic (exact) mass is 657 g/mol. The molecule has 13 heteroatoms. The Labute approximate surface area is 241 Å². The number of methoxy groups -OCH3 is 2. The van der Waals surface area contributed by atoms with Crippen LogP contribution in [0.3, 0.4) is 0 Å². The number of rotatable bonds is 8. The summed E-state index contributed by atoms with van der Waals surface area (Å²) in [5.74, 6) is -1.67. The second kappa shape index (κ2) is 11.8. The van der Waals surface area contributed by atoms with E-state index in [0.29, 0.717) is 17.1 Å². The quantitative estimate of drug-likeness (QED) is 0.114. The molecular formula is C25H28IN3O8S. The number of pyridine rings is 1. The Bertz CT molecular complexity index is 1230. The first-order valence-electron chi connectivity index (χ1n) is 11.4. The van der Waals surface area contributed by atoms with Crippen molar-refractivity contribution < 1.29 is 66.7 Å². The average molecular weight is 657 g/mol. The highest BCUT2D eigenvalue weighted by molar-refractivity contribution is 8.01. The molecule has 2 fully saturated rings. The first kappa shape index (κ1) is 29.5. The Balaban J connectivity index is 0.00000400. The first-order valence-corrected chi connectivity index (χ1v) is 12.3. The molecule has 0 saturated carbocycles. The molecule has 1 aromatic heterocycles. The number of carbonyl (C=O) groups is 4. The lowest BCUT2D eigenvalue weighted by Gasteiger charge is -2.43. The van der Waals surface area contributed by atoms with Crippen LogP contribution >= 0.6 is 11.8 Å². The van der Waals surface area contributed by atoms with Crippen LogP contribution in [0.25, 0.3) is 0 Å². The number of nitrogens with one attached hydrogen (secondary N) is 1. The summed E-state index contributed by atoms with van der Waals surface area (Å²) in [6, 6.07) is 6.44. The van der Waals surface area contributed by atoms with Gasteiger partial charge in [-0.3, -0.25) is 9.59 Å². The molecule has 38 heavy (non-hydrogen) atoms. The third-order valence-electron chi connectivity index (χ3n) is 6.17. The Hall–Kier alpha value is -3.07. The number of esters is 2. The fraction of sp³-hybridized carbons (Fsp3) is 0.400. The number of fused-ring (bicyclic) bond motifs is 1. The summed E-state index contributed by atoms with van der Waals surface area (Å²) in [5.41, 5.74) is 0.479. The van der Waals surface area contributed by atoms with Crippen LogP contribution in [0.15, 0.2) is 42.7 Å². The number of hydrogen-bond donors (Lipinski definition) is 1. The van der Waals surface area contributed by atoms with Gasteiger partial charge >= 0.3 is 11.9 Å². The number of β-lactam (4-membered cyclic amide) rings is 1. The van der Waals surface area contributed by atoms with Gasteiger partial charge in [-0.1, -0.05) is 6.07 Å². The fourth-order valence-electron chi connectivity index (χ4n) is 4.43. The van der Waals surface area contributed by atoms with Gasteiger partial charge in [-0.15, -0.1) is 11.8 Å². The fourth-order valence-corrected chi connectivity index (χ4v) is 6.05. The van der Waals surface area contributed by atoms with Gasteiger partial charge in [0.1, 0.15) is 47.1 Å². The van der Waals surface area contributed by atoms with Crippen molar-refractivity contribution in [3.05, 3.63) is 53.9 Å². The van der Waals surface area contributed by atoms with Crippen LogP contribution in [0.5, 0.6) is 11.5 Å². The number of hydrogen-bond acceptors (Lipinski definition) is 9. The molecule has 11 nitrogen and oxygen atoms in total. The summed E-state index contributed by atoms with van der Waals surface area (Å²) in [7, 11) is 4.63.